The summed E-state index contributed by atoms with van der Waals surface area (Å²) in [6, 6.07) is 10.4. The molecule has 0 fully saturated rings. The first-order valence-corrected chi connectivity index (χ1v) is 6.69. The fraction of sp³-hybridized carbons (Fsp3) is 0.533. The molecule has 18 heavy (non-hydrogen) atoms. The molecule has 100 valence electrons. The monoisotopic (exact) mass is 248 g/mol. The number of hydrogen-bond acceptors (Lipinski definition) is 2. The molecule has 2 atom stereocenters. The Morgan fingerprint density at radius 1 is 1.33 bits per heavy atom. The van der Waals surface area contributed by atoms with Crippen LogP contribution >= 0.6 is 0 Å². The quantitative estimate of drug-likeness (QED) is 0.776. The Kier molecular flexibility index (Phi) is 6.44. The number of nitrogens with two attached hydrogens (primary N) is 1. The van der Waals surface area contributed by atoms with Gasteiger partial charge in [0, 0.05) is 12.5 Å². The van der Waals surface area contributed by atoms with E-state index in [9.17, 15) is 4.79 Å². The van der Waals surface area contributed by atoms with Crippen LogP contribution in [0.4, 0.5) is 0 Å². The zero-order chi connectivity index (χ0) is 13.4. The van der Waals surface area contributed by atoms with Crippen molar-refractivity contribution in [1.82, 2.24) is 5.32 Å². The summed E-state index contributed by atoms with van der Waals surface area (Å²) in [6.07, 6.45) is 2.36. The topological polar surface area (TPSA) is 55.1 Å². The van der Waals surface area contributed by atoms with Gasteiger partial charge in [0.05, 0.1) is 0 Å². The molecule has 0 aromatic heterocycles. The second-order valence-corrected chi connectivity index (χ2v) is 4.87. The third-order valence-electron chi connectivity index (χ3n) is 3.18. The van der Waals surface area contributed by atoms with Gasteiger partial charge in [0.1, 0.15) is 0 Å². The van der Waals surface area contributed by atoms with E-state index in [1.807, 2.05) is 25.1 Å². The average molecular weight is 248 g/mol. The van der Waals surface area contributed by atoms with Crippen LogP contribution in [-0.4, -0.2) is 18.5 Å². The lowest BCUT2D eigenvalue weighted by molar-refractivity contribution is -0.122. The third-order valence-corrected chi connectivity index (χ3v) is 3.18. The van der Waals surface area contributed by atoms with Crippen LogP contribution in [0.5, 0.6) is 0 Å². The second kappa shape index (κ2) is 7.88. The Labute approximate surface area is 110 Å². The van der Waals surface area contributed by atoms with Crippen LogP contribution in [0, 0.1) is 5.92 Å². The van der Waals surface area contributed by atoms with E-state index in [0.29, 0.717) is 18.9 Å². The van der Waals surface area contributed by atoms with Crippen LogP contribution < -0.4 is 11.1 Å². The summed E-state index contributed by atoms with van der Waals surface area (Å²) in [6.45, 7) is 4.68. The summed E-state index contributed by atoms with van der Waals surface area (Å²) in [4.78, 5) is 11.8. The number of hydrogen-bond donors (Lipinski definition) is 2. The lowest BCUT2D eigenvalue weighted by Crippen LogP contribution is -2.36. The predicted molar refractivity (Wildman–Crippen MR) is 75.2 cm³/mol. The molecule has 0 spiro atoms. The predicted octanol–water partition coefficient (Wildman–Crippen LogP) is 2.11. The second-order valence-electron chi connectivity index (χ2n) is 4.87. The van der Waals surface area contributed by atoms with Crippen molar-refractivity contribution in [2.45, 2.75) is 39.2 Å². The molecule has 0 bridgehead atoms. The van der Waals surface area contributed by atoms with Gasteiger partial charge in [-0.15, -0.1) is 0 Å². The van der Waals surface area contributed by atoms with Crippen LogP contribution in [-0.2, 0) is 11.2 Å². The van der Waals surface area contributed by atoms with E-state index in [1.54, 1.807) is 0 Å². The van der Waals surface area contributed by atoms with E-state index in [2.05, 4.69) is 24.4 Å². The number of carbonyl (C=O) groups excluding carboxylic acids is 1. The minimum absolute atomic E-state index is 0.107. The largest absolute Gasteiger partial charge is 0.353 e. The highest BCUT2D eigenvalue weighted by atomic mass is 16.1. The molecule has 0 aliphatic heterocycles. The number of carbonyl (C=O) groups is 1. The van der Waals surface area contributed by atoms with E-state index < -0.39 is 0 Å². The van der Waals surface area contributed by atoms with Crippen LogP contribution in [0.2, 0.25) is 0 Å². The summed E-state index contributed by atoms with van der Waals surface area (Å²) in [5.74, 6) is 0.407. The maximum Gasteiger partial charge on any atom is 0.220 e. The molecule has 3 heteroatoms. The van der Waals surface area contributed by atoms with Gasteiger partial charge in [-0.2, -0.15) is 0 Å². The molecule has 1 rings (SSSR count). The molecule has 2 unspecified atom stereocenters. The smallest absolute Gasteiger partial charge is 0.220 e. The van der Waals surface area contributed by atoms with Crippen molar-refractivity contribution in [3.05, 3.63) is 35.9 Å². The van der Waals surface area contributed by atoms with Gasteiger partial charge in [0.25, 0.3) is 0 Å². The van der Waals surface area contributed by atoms with Gasteiger partial charge in [-0.25, -0.2) is 0 Å². The van der Waals surface area contributed by atoms with Crippen molar-refractivity contribution in [2.75, 3.05) is 6.54 Å². The summed E-state index contributed by atoms with van der Waals surface area (Å²) in [5.41, 5.74) is 6.85. The number of nitrogens with one attached hydrogen (secondary N) is 1. The van der Waals surface area contributed by atoms with Crippen molar-refractivity contribution in [1.29, 1.82) is 0 Å². The lowest BCUT2D eigenvalue weighted by Gasteiger charge is -2.16. The molecular formula is C15H24N2O. The van der Waals surface area contributed by atoms with Crippen LogP contribution in [0.25, 0.3) is 0 Å². The minimum Gasteiger partial charge on any atom is -0.353 e. The SMILES string of the molecule is CCC(CN)CC(=O)NC(C)Cc1ccccc1. The molecule has 1 aromatic rings. The molecule has 0 heterocycles. The Morgan fingerprint density at radius 3 is 2.56 bits per heavy atom. The van der Waals surface area contributed by atoms with E-state index >= 15 is 0 Å². The molecule has 1 aromatic carbocycles. The van der Waals surface area contributed by atoms with Gasteiger partial charge in [-0.05, 0) is 31.4 Å². The number of amides is 1. The van der Waals surface area contributed by atoms with Crippen molar-refractivity contribution in [3.63, 3.8) is 0 Å². The lowest BCUT2D eigenvalue weighted by atomic mass is 10.0. The summed E-state index contributed by atoms with van der Waals surface area (Å²) >= 11 is 0. The van der Waals surface area contributed by atoms with E-state index in [4.69, 9.17) is 5.73 Å². The van der Waals surface area contributed by atoms with Crippen molar-refractivity contribution in [3.8, 4) is 0 Å². The maximum absolute atomic E-state index is 11.8. The van der Waals surface area contributed by atoms with E-state index in [1.165, 1.54) is 5.56 Å². The third kappa shape index (κ3) is 5.32. The van der Waals surface area contributed by atoms with Gasteiger partial charge >= 0.3 is 0 Å². The van der Waals surface area contributed by atoms with Crippen molar-refractivity contribution >= 4 is 5.91 Å². The zero-order valence-corrected chi connectivity index (χ0v) is 11.4. The normalized spacial score (nSPS) is 13.9. The Bertz CT molecular complexity index is 347. The molecule has 3 nitrogen and oxygen atoms in total. The number of benzene rings is 1. The highest BCUT2D eigenvalue weighted by molar-refractivity contribution is 5.76. The van der Waals surface area contributed by atoms with E-state index in [-0.39, 0.29) is 11.9 Å². The van der Waals surface area contributed by atoms with Gasteiger partial charge in [0.15, 0.2) is 0 Å². The first-order chi connectivity index (χ1) is 8.65. The molecule has 0 saturated carbocycles. The fourth-order valence-corrected chi connectivity index (χ4v) is 2.01. The van der Waals surface area contributed by atoms with Gasteiger partial charge in [-0.1, -0.05) is 43.7 Å². The van der Waals surface area contributed by atoms with Crippen LogP contribution in [0.15, 0.2) is 30.3 Å². The fourth-order valence-electron chi connectivity index (χ4n) is 2.01. The zero-order valence-electron chi connectivity index (χ0n) is 11.4. The number of rotatable bonds is 7. The van der Waals surface area contributed by atoms with Gasteiger partial charge in [0.2, 0.25) is 5.91 Å². The maximum atomic E-state index is 11.8. The molecular weight excluding hydrogens is 224 g/mol. The van der Waals surface area contributed by atoms with Gasteiger partial charge < -0.3 is 11.1 Å². The molecule has 0 aliphatic rings. The van der Waals surface area contributed by atoms with Crippen LogP contribution in [0.3, 0.4) is 0 Å². The summed E-state index contributed by atoms with van der Waals surface area (Å²) < 4.78 is 0. The summed E-state index contributed by atoms with van der Waals surface area (Å²) in [5, 5.41) is 3.03. The first-order valence-electron chi connectivity index (χ1n) is 6.69. The summed E-state index contributed by atoms with van der Waals surface area (Å²) in [7, 11) is 0. The first kappa shape index (κ1) is 14.7. The van der Waals surface area contributed by atoms with Gasteiger partial charge in [-0.3, -0.25) is 4.79 Å². The highest BCUT2D eigenvalue weighted by Gasteiger charge is 2.12. The average Bonchev–Trinajstić information content (AvgIpc) is 2.36. The standard InChI is InChI=1S/C15H24N2O/c1-3-13(11-16)10-15(18)17-12(2)9-14-7-5-4-6-8-14/h4-8,12-13H,3,9-11,16H2,1-2H3,(H,17,18). The molecule has 0 aliphatic carbocycles. The molecule has 1 amide bonds. The Balaban J connectivity index is 2.36. The van der Waals surface area contributed by atoms with E-state index in [0.717, 1.165) is 12.8 Å². The molecule has 0 saturated heterocycles. The Hall–Kier alpha value is -1.35. The van der Waals surface area contributed by atoms with Crippen LogP contribution in [0.1, 0.15) is 32.3 Å². The minimum atomic E-state index is 0.107. The van der Waals surface area contributed by atoms with Crippen molar-refractivity contribution in [2.24, 2.45) is 11.7 Å². The van der Waals surface area contributed by atoms with Crippen molar-refractivity contribution < 1.29 is 4.79 Å². The molecule has 3 N–H and O–H groups in total. The molecule has 0 radical (unpaired) electrons. The highest BCUT2D eigenvalue weighted by Crippen LogP contribution is 2.07. The Morgan fingerprint density at radius 2 is 2.00 bits per heavy atom.